The van der Waals surface area contributed by atoms with Crippen LogP contribution in [0.5, 0.6) is 0 Å². The monoisotopic (exact) mass is 241 g/mol. The molecule has 1 aliphatic heterocycles. The molecule has 1 nitrogen and oxygen atoms in total. The molecule has 1 heterocycles. The Kier molecular flexibility index (Phi) is 1.52. The summed E-state index contributed by atoms with van der Waals surface area (Å²) < 4.78 is 0. The van der Waals surface area contributed by atoms with Crippen molar-refractivity contribution in [2.75, 3.05) is 5.32 Å². The minimum Gasteiger partial charge on any atom is -0.351 e. The average molecular weight is 241 g/mol. The van der Waals surface area contributed by atoms with Crippen LogP contribution in [0.1, 0.15) is 0 Å². The molecule has 1 aliphatic rings. The first kappa shape index (κ1) is 9.40. The molecule has 0 saturated carbocycles. The number of fused-ring (bicyclic) bond motifs is 8. The lowest BCUT2D eigenvalue weighted by Gasteiger charge is -2.05. The summed E-state index contributed by atoms with van der Waals surface area (Å²) in [6.07, 6.45) is 0. The van der Waals surface area contributed by atoms with Gasteiger partial charge < -0.3 is 5.32 Å². The van der Waals surface area contributed by atoms with Crippen LogP contribution in [-0.2, 0) is 0 Å². The molecule has 0 amide bonds. The lowest BCUT2D eigenvalue weighted by molar-refractivity contribution is 1.80. The van der Waals surface area contributed by atoms with Gasteiger partial charge in [-0.15, -0.1) is 0 Å². The highest BCUT2D eigenvalue weighted by Gasteiger charge is 2.24. The van der Waals surface area contributed by atoms with E-state index in [1.807, 2.05) is 0 Å². The second-order valence-electron chi connectivity index (χ2n) is 5.13. The van der Waals surface area contributed by atoms with E-state index in [-0.39, 0.29) is 0 Å². The average Bonchev–Trinajstić information content (AvgIpc) is 3.27. The van der Waals surface area contributed by atoms with E-state index >= 15 is 0 Å². The second-order valence-corrected chi connectivity index (χ2v) is 5.13. The molecule has 1 heteroatoms. The molecule has 0 spiro atoms. The molecule has 0 bridgehead atoms. The van der Waals surface area contributed by atoms with Crippen molar-refractivity contribution in [1.29, 1.82) is 0 Å². The Hall–Kier alpha value is -2.54. The van der Waals surface area contributed by atoms with Crippen LogP contribution in [0.4, 0.5) is 11.4 Å². The summed E-state index contributed by atoms with van der Waals surface area (Å²) in [5.74, 6) is 0. The van der Waals surface area contributed by atoms with E-state index in [1.165, 1.54) is 43.7 Å². The highest BCUT2D eigenvalue weighted by atomic mass is 15.0. The first-order valence-corrected chi connectivity index (χ1v) is 6.57. The quantitative estimate of drug-likeness (QED) is 0.292. The lowest BCUT2D eigenvalue weighted by Crippen LogP contribution is -1.77. The Bertz CT molecular complexity index is 977. The van der Waals surface area contributed by atoms with Crippen molar-refractivity contribution in [1.82, 2.24) is 0 Å². The molecule has 88 valence electrons. The molecule has 5 rings (SSSR count). The van der Waals surface area contributed by atoms with Gasteiger partial charge in [-0.3, -0.25) is 0 Å². The molecule has 19 heavy (non-hydrogen) atoms. The molecular formula is C18H11N. The van der Waals surface area contributed by atoms with E-state index in [2.05, 4.69) is 66.0 Å². The van der Waals surface area contributed by atoms with Crippen molar-refractivity contribution in [3.05, 3.63) is 60.7 Å². The summed E-state index contributed by atoms with van der Waals surface area (Å²) in [5, 5.41) is 11.5. The van der Waals surface area contributed by atoms with Gasteiger partial charge in [0.15, 0.2) is 0 Å². The van der Waals surface area contributed by atoms with Gasteiger partial charge in [0.05, 0.1) is 11.4 Å². The molecule has 0 radical (unpaired) electrons. The largest absolute Gasteiger partial charge is 0.351 e. The third kappa shape index (κ3) is 1.10. The van der Waals surface area contributed by atoms with Gasteiger partial charge in [-0.25, -0.2) is 0 Å². The summed E-state index contributed by atoms with van der Waals surface area (Å²) in [7, 11) is 0. The maximum atomic E-state index is 3.47. The van der Waals surface area contributed by atoms with Crippen molar-refractivity contribution in [2.45, 2.75) is 0 Å². The molecule has 0 saturated heterocycles. The van der Waals surface area contributed by atoms with Crippen LogP contribution in [-0.4, -0.2) is 0 Å². The van der Waals surface area contributed by atoms with E-state index in [1.54, 1.807) is 0 Å². The smallest absolute Gasteiger partial charge is 0.0716 e. The van der Waals surface area contributed by atoms with Crippen LogP contribution in [0, 0.1) is 0 Å². The van der Waals surface area contributed by atoms with Gasteiger partial charge in [0.2, 0.25) is 0 Å². The molecule has 4 aromatic rings. The first-order valence-electron chi connectivity index (χ1n) is 6.57. The summed E-state index contributed by atoms with van der Waals surface area (Å²) >= 11 is 0. The summed E-state index contributed by atoms with van der Waals surface area (Å²) in [4.78, 5) is 0. The van der Waals surface area contributed by atoms with E-state index in [0.29, 0.717) is 0 Å². The van der Waals surface area contributed by atoms with Crippen LogP contribution >= 0.6 is 0 Å². The van der Waals surface area contributed by atoms with Gasteiger partial charge in [-0.05, 0) is 21.5 Å². The Morgan fingerprint density at radius 3 is 2.16 bits per heavy atom. The maximum absolute atomic E-state index is 3.47. The van der Waals surface area contributed by atoms with E-state index in [0.717, 1.165) is 0 Å². The minimum absolute atomic E-state index is 1.31. The Labute approximate surface area is 110 Å². The number of benzene rings is 4. The third-order valence-corrected chi connectivity index (χ3v) is 4.10. The minimum atomic E-state index is 1.31. The Balaban J connectivity index is 2.15. The van der Waals surface area contributed by atoms with Crippen LogP contribution in [0.15, 0.2) is 60.7 Å². The zero-order valence-electron chi connectivity index (χ0n) is 10.3. The normalized spacial score (nSPS) is 12.6. The molecule has 0 fully saturated rings. The van der Waals surface area contributed by atoms with Crippen molar-refractivity contribution >= 4 is 43.7 Å². The maximum Gasteiger partial charge on any atom is 0.0716 e. The fourth-order valence-electron chi connectivity index (χ4n) is 3.18. The predicted molar refractivity (Wildman–Crippen MR) is 82.2 cm³/mol. The van der Waals surface area contributed by atoms with Crippen LogP contribution in [0.3, 0.4) is 0 Å². The van der Waals surface area contributed by atoms with Gasteiger partial charge in [-0.1, -0.05) is 60.7 Å². The summed E-state index contributed by atoms with van der Waals surface area (Å²) in [6.45, 7) is 0. The fourth-order valence-corrected chi connectivity index (χ4v) is 3.18. The first-order chi connectivity index (χ1) is 9.43. The number of rotatable bonds is 0. The molecule has 0 aromatic heterocycles. The van der Waals surface area contributed by atoms with Crippen LogP contribution in [0.2, 0.25) is 0 Å². The highest BCUT2D eigenvalue weighted by Crippen LogP contribution is 2.52. The van der Waals surface area contributed by atoms with E-state index < -0.39 is 0 Å². The van der Waals surface area contributed by atoms with E-state index in [4.69, 9.17) is 0 Å². The Morgan fingerprint density at radius 1 is 0.526 bits per heavy atom. The standard InChI is InChI=1S/C18H11N/c1-2-6-12-11(5-1)9-10-14-13-7-3-4-8-15(13)17-18(19-17)16(12)14/h1-10,19H. The fraction of sp³-hybridized carbons (Fsp3) is 0. The predicted octanol–water partition coefficient (Wildman–Crippen LogP) is 5.20. The van der Waals surface area contributed by atoms with Crippen molar-refractivity contribution < 1.29 is 0 Å². The molecule has 0 unspecified atom stereocenters. The molecular weight excluding hydrogens is 230 g/mol. The highest BCUT2D eigenvalue weighted by molar-refractivity contribution is 6.33. The zero-order chi connectivity index (χ0) is 12.4. The number of anilines is 2. The van der Waals surface area contributed by atoms with Crippen molar-refractivity contribution in [3.63, 3.8) is 0 Å². The SMILES string of the molecule is c1ccc2c(c1)ccc1c3ccccc3c3c(c21)N3. The number of nitrogens with one attached hydrogen (secondary N) is 1. The molecule has 0 aliphatic carbocycles. The summed E-state index contributed by atoms with van der Waals surface area (Å²) in [5.41, 5.74) is 2.62. The molecule has 4 aromatic carbocycles. The summed E-state index contributed by atoms with van der Waals surface area (Å²) in [6, 6.07) is 21.7. The van der Waals surface area contributed by atoms with Gasteiger partial charge in [0.1, 0.15) is 0 Å². The van der Waals surface area contributed by atoms with E-state index in [9.17, 15) is 0 Å². The van der Waals surface area contributed by atoms with Crippen molar-refractivity contribution in [3.8, 4) is 0 Å². The van der Waals surface area contributed by atoms with Gasteiger partial charge in [0.25, 0.3) is 0 Å². The number of hydrogen-bond donors (Lipinski definition) is 1. The third-order valence-electron chi connectivity index (χ3n) is 4.10. The molecule has 0 atom stereocenters. The van der Waals surface area contributed by atoms with Crippen molar-refractivity contribution in [2.24, 2.45) is 0 Å². The lowest BCUT2D eigenvalue weighted by atomic mass is 9.97. The second kappa shape index (κ2) is 3.07. The Morgan fingerprint density at radius 2 is 1.26 bits per heavy atom. The van der Waals surface area contributed by atoms with Gasteiger partial charge >= 0.3 is 0 Å². The van der Waals surface area contributed by atoms with Crippen LogP contribution < -0.4 is 5.32 Å². The topological polar surface area (TPSA) is 21.9 Å². The molecule has 1 N–H and O–H groups in total. The number of hydrogen-bond acceptors (Lipinski definition) is 1. The van der Waals surface area contributed by atoms with Crippen LogP contribution in [0.25, 0.3) is 32.3 Å². The van der Waals surface area contributed by atoms with Gasteiger partial charge in [0, 0.05) is 10.8 Å². The zero-order valence-corrected chi connectivity index (χ0v) is 10.3. The van der Waals surface area contributed by atoms with Gasteiger partial charge in [-0.2, -0.15) is 0 Å².